The van der Waals surface area contributed by atoms with Crippen LogP contribution in [0, 0.1) is 0 Å². The Balaban J connectivity index is 1.65. The number of pyridine rings is 1. The summed E-state index contributed by atoms with van der Waals surface area (Å²) in [5, 5.41) is 6.95. The number of fused-ring (bicyclic) bond motifs is 1. The molecular weight excluding hydrogens is 228 g/mol. The molecule has 0 aromatic carbocycles. The number of anilines is 2. The first kappa shape index (κ1) is 10.6. The highest BCUT2D eigenvalue weighted by molar-refractivity contribution is 5.66. The normalized spacial score (nSPS) is 24.6. The number of nitrogens with one attached hydrogen (secondary N) is 2. The Morgan fingerprint density at radius 1 is 1.33 bits per heavy atom. The van der Waals surface area contributed by atoms with Crippen LogP contribution in [0.15, 0.2) is 12.3 Å². The zero-order chi connectivity index (χ0) is 12.0. The molecule has 4 heterocycles. The van der Waals surface area contributed by atoms with E-state index in [1.165, 1.54) is 11.3 Å². The molecule has 3 aliphatic heterocycles. The van der Waals surface area contributed by atoms with Crippen LogP contribution in [-0.4, -0.2) is 49.9 Å². The van der Waals surface area contributed by atoms with E-state index in [1.54, 1.807) is 0 Å². The zero-order valence-electron chi connectivity index (χ0n) is 10.4. The fourth-order valence-electron chi connectivity index (χ4n) is 3.19. The van der Waals surface area contributed by atoms with E-state index in [9.17, 15) is 0 Å². The molecule has 0 radical (unpaired) electrons. The molecule has 0 saturated carbocycles. The molecular formula is C13H18N4O. The van der Waals surface area contributed by atoms with Gasteiger partial charge in [0.05, 0.1) is 18.8 Å². The Morgan fingerprint density at radius 3 is 3.11 bits per heavy atom. The molecule has 0 amide bonds. The molecule has 1 aromatic heterocycles. The molecule has 5 heteroatoms. The second-order valence-electron chi connectivity index (χ2n) is 5.46. The van der Waals surface area contributed by atoms with Crippen molar-refractivity contribution in [2.75, 3.05) is 49.6 Å². The molecule has 0 atom stereocenters. The molecule has 1 aromatic rings. The maximum Gasteiger partial charge on any atom is 0.131 e. The summed E-state index contributed by atoms with van der Waals surface area (Å²) >= 11 is 0. The summed E-state index contributed by atoms with van der Waals surface area (Å²) in [4.78, 5) is 6.90. The maximum absolute atomic E-state index is 5.38. The lowest BCUT2D eigenvalue weighted by atomic mass is 9.93. The number of hydrogen-bond acceptors (Lipinski definition) is 5. The second-order valence-corrected chi connectivity index (χ2v) is 5.46. The van der Waals surface area contributed by atoms with Gasteiger partial charge in [0.1, 0.15) is 5.82 Å². The molecule has 3 aliphatic rings. The van der Waals surface area contributed by atoms with E-state index in [0.717, 1.165) is 51.6 Å². The molecule has 4 rings (SSSR count). The molecule has 96 valence electrons. The lowest BCUT2D eigenvalue weighted by molar-refractivity contribution is -0.0743. The molecule has 2 fully saturated rings. The van der Waals surface area contributed by atoms with E-state index in [-0.39, 0.29) is 5.54 Å². The molecule has 0 unspecified atom stereocenters. The predicted molar refractivity (Wildman–Crippen MR) is 70.2 cm³/mol. The third kappa shape index (κ3) is 1.51. The van der Waals surface area contributed by atoms with Gasteiger partial charge in [-0.1, -0.05) is 0 Å². The zero-order valence-corrected chi connectivity index (χ0v) is 10.4. The van der Waals surface area contributed by atoms with Crippen LogP contribution in [-0.2, 0) is 11.2 Å². The van der Waals surface area contributed by atoms with E-state index in [0.29, 0.717) is 0 Å². The Bertz CT molecular complexity index is 472. The Hall–Kier alpha value is -1.33. The highest BCUT2D eigenvalue weighted by Crippen LogP contribution is 2.32. The quantitative estimate of drug-likeness (QED) is 0.743. The lowest BCUT2D eigenvalue weighted by Crippen LogP contribution is -2.70. The van der Waals surface area contributed by atoms with Crippen molar-refractivity contribution in [3.63, 3.8) is 0 Å². The van der Waals surface area contributed by atoms with Crippen molar-refractivity contribution in [3.05, 3.63) is 17.8 Å². The third-order valence-electron chi connectivity index (χ3n) is 4.17. The topological polar surface area (TPSA) is 49.4 Å². The summed E-state index contributed by atoms with van der Waals surface area (Å²) in [7, 11) is 0. The third-order valence-corrected chi connectivity index (χ3v) is 4.17. The standard InChI is InChI=1S/C13H18N4O/c1-3-14-12-10(1)11(2-4-15-12)17-6-5-16-13(7-17)8-18-9-13/h2,4,16H,1,3,5-9H2,(H,14,15). The minimum Gasteiger partial charge on any atom is -0.377 e. The number of hydrogen-bond donors (Lipinski definition) is 2. The highest BCUT2D eigenvalue weighted by Gasteiger charge is 2.42. The summed E-state index contributed by atoms with van der Waals surface area (Å²) in [5.74, 6) is 1.07. The van der Waals surface area contributed by atoms with Crippen molar-refractivity contribution < 1.29 is 4.74 Å². The fourth-order valence-corrected chi connectivity index (χ4v) is 3.19. The number of piperazine rings is 1. The molecule has 2 saturated heterocycles. The highest BCUT2D eigenvalue weighted by atomic mass is 16.5. The molecule has 0 bridgehead atoms. The van der Waals surface area contributed by atoms with Crippen LogP contribution in [0.5, 0.6) is 0 Å². The molecule has 2 N–H and O–H groups in total. The Labute approximate surface area is 107 Å². The number of rotatable bonds is 1. The van der Waals surface area contributed by atoms with Crippen molar-refractivity contribution >= 4 is 11.5 Å². The van der Waals surface area contributed by atoms with Gasteiger partial charge < -0.3 is 20.3 Å². The minimum absolute atomic E-state index is 0.195. The van der Waals surface area contributed by atoms with Gasteiger partial charge in [-0.2, -0.15) is 0 Å². The van der Waals surface area contributed by atoms with Crippen molar-refractivity contribution in [2.45, 2.75) is 12.0 Å². The number of ether oxygens (including phenoxy) is 1. The smallest absolute Gasteiger partial charge is 0.131 e. The van der Waals surface area contributed by atoms with Gasteiger partial charge in [-0.05, 0) is 12.5 Å². The Morgan fingerprint density at radius 2 is 2.28 bits per heavy atom. The predicted octanol–water partition coefficient (Wildman–Crippen LogP) is 0.228. The van der Waals surface area contributed by atoms with Crippen molar-refractivity contribution in [3.8, 4) is 0 Å². The number of nitrogens with zero attached hydrogens (tertiary/aromatic N) is 2. The van der Waals surface area contributed by atoms with Gasteiger partial charge in [0.15, 0.2) is 0 Å². The monoisotopic (exact) mass is 246 g/mol. The van der Waals surface area contributed by atoms with Gasteiger partial charge in [0.25, 0.3) is 0 Å². The van der Waals surface area contributed by atoms with Gasteiger partial charge in [-0.25, -0.2) is 4.98 Å². The minimum atomic E-state index is 0.195. The van der Waals surface area contributed by atoms with Crippen LogP contribution < -0.4 is 15.5 Å². The first-order valence-electron chi connectivity index (χ1n) is 6.66. The van der Waals surface area contributed by atoms with Gasteiger partial charge in [0, 0.05) is 43.6 Å². The van der Waals surface area contributed by atoms with Crippen LogP contribution in [0.2, 0.25) is 0 Å². The van der Waals surface area contributed by atoms with Crippen molar-refractivity contribution in [2.24, 2.45) is 0 Å². The summed E-state index contributed by atoms with van der Waals surface area (Å²) in [6.45, 7) is 5.85. The number of aromatic nitrogens is 1. The first-order chi connectivity index (χ1) is 8.86. The Kier molecular flexibility index (Phi) is 2.25. The molecule has 18 heavy (non-hydrogen) atoms. The maximum atomic E-state index is 5.38. The summed E-state index contributed by atoms with van der Waals surface area (Å²) in [6.07, 6.45) is 3.00. The second kappa shape index (κ2) is 3.83. The molecule has 0 aliphatic carbocycles. The van der Waals surface area contributed by atoms with E-state index >= 15 is 0 Å². The summed E-state index contributed by atoms with van der Waals surface area (Å²) in [6, 6.07) is 2.16. The molecule has 1 spiro atoms. The van der Waals surface area contributed by atoms with Crippen molar-refractivity contribution in [1.82, 2.24) is 10.3 Å². The van der Waals surface area contributed by atoms with Gasteiger partial charge >= 0.3 is 0 Å². The molecule has 5 nitrogen and oxygen atoms in total. The SMILES string of the molecule is c1cc(N2CCNC3(COC3)C2)c2c(n1)NCC2. The van der Waals surface area contributed by atoms with Crippen LogP contribution in [0.3, 0.4) is 0 Å². The average Bonchev–Trinajstić information content (AvgIpc) is 2.85. The van der Waals surface area contributed by atoms with Crippen molar-refractivity contribution in [1.29, 1.82) is 0 Å². The first-order valence-corrected chi connectivity index (χ1v) is 6.66. The van der Waals surface area contributed by atoms with Gasteiger partial charge in [0.2, 0.25) is 0 Å². The van der Waals surface area contributed by atoms with E-state index in [4.69, 9.17) is 4.74 Å². The van der Waals surface area contributed by atoms with E-state index in [1.807, 2.05) is 6.20 Å². The van der Waals surface area contributed by atoms with Crippen LogP contribution in [0.1, 0.15) is 5.56 Å². The van der Waals surface area contributed by atoms with Crippen LogP contribution >= 0.6 is 0 Å². The average molecular weight is 246 g/mol. The van der Waals surface area contributed by atoms with Gasteiger partial charge in [-0.15, -0.1) is 0 Å². The fraction of sp³-hybridized carbons (Fsp3) is 0.615. The largest absolute Gasteiger partial charge is 0.377 e. The van der Waals surface area contributed by atoms with Crippen LogP contribution in [0.25, 0.3) is 0 Å². The lowest BCUT2D eigenvalue weighted by Gasteiger charge is -2.49. The van der Waals surface area contributed by atoms with Gasteiger partial charge in [-0.3, -0.25) is 0 Å². The summed E-state index contributed by atoms with van der Waals surface area (Å²) < 4.78 is 5.38. The van der Waals surface area contributed by atoms with E-state index in [2.05, 4.69) is 26.6 Å². The summed E-state index contributed by atoms with van der Waals surface area (Å²) in [5.41, 5.74) is 2.94. The van der Waals surface area contributed by atoms with Crippen LogP contribution in [0.4, 0.5) is 11.5 Å². The van der Waals surface area contributed by atoms with E-state index < -0.39 is 0 Å².